The molecule has 1 heterocycles. The minimum Gasteiger partial charge on any atom is -0.352 e. The number of amides is 1. The summed E-state index contributed by atoms with van der Waals surface area (Å²) in [5, 5.41) is 5.55. The Labute approximate surface area is 127 Å². The van der Waals surface area contributed by atoms with Crippen LogP contribution in [-0.2, 0) is 0 Å². The molecule has 1 aromatic heterocycles. The van der Waals surface area contributed by atoms with Crippen LogP contribution in [0.4, 0.5) is 20.2 Å². The Morgan fingerprint density at radius 2 is 2.00 bits per heavy atom. The number of carbonyl (C=O) groups excluding carboxylic acids is 1. The summed E-state index contributed by atoms with van der Waals surface area (Å²) in [7, 11) is 0. The van der Waals surface area contributed by atoms with Crippen LogP contribution >= 0.6 is 0 Å². The molecule has 2 N–H and O–H groups in total. The van der Waals surface area contributed by atoms with Gasteiger partial charge in [-0.25, -0.2) is 8.78 Å². The fourth-order valence-electron chi connectivity index (χ4n) is 1.78. The molecule has 0 fully saturated rings. The molecular weight excluding hydrogens is 288 g/mol. The molecule has 0 atom stereocenters. The van der Waals surface area contributed by atoms with Gasteiger partial charge in [0, 0.05) is 18.8 Å². The third-order valence-electron chi connectivity index (χ3n) is 2.88. The van der Waals surface area contributed by atoms with E-state index in [2.05, 4.69) is 15.6 Å². The van der Waals surface area contributed by atoms with E-state index < -0.39 is 11.6 Å². The average Bonchev–Trinajstić information content (AvgIpc) is 2.48. The SMILES string of the molecule is CC(C)CNC(=O)c1cncc(Nc2ccc(F)cc2F)c1. The molecule has 4 nitrogen and oxygen atoms in total. The van der Waals surface area contributed by atoms with Crippen molar-refractivity contribution in [3.8, 4) is 0 Å². The van der Waals surface area contributed by atoms with Gasteiger partial charge in [-0.05, 0) is 24.1 Å². The molecule has 0 saturated carbocycles. The van der Waals surface area contributed by atoms with Crippen molar-refractivity contribution in [3.63, 3.8) is 0 Å². The monoisotopic (exact) mass is 305 g/mol. The lowest BCUT2D eigenvalue weighted by atomic mass is 10.2. The number of carbonyl (C=O) groups is 1. The first-order chi connectivity index (χ1) is 10.5. The summed E-state index contributed by atoms with van der Waals surface area (Å²) in [6.07, 6.45) is 2.89. The maximum Gasteiger partial charge on any atom is 0.252 e. The molecule has 2 aromatic rings. The Hall–Kier alpha value is -2.50. The number of halogens is 2. The summed E-state index contributed by atoms with van der Waals surface area (Å²) in [5.74, 6) is -1.27. The minimum absolute atomic E-state index is 0.114. The molecule has 116 valence electrons. The Morgan fingerprint density at radius 3 is 2.68 bits per heavy atom. The molecular formula is C16H17F2N3O. The largest absolute Gasteiger partial charge is 0.352 e. The van der Waals surface area contributed by atoms with E-state index in [1.807, 2.05) is 13.8 Å². The van der Waals surface area contributed by atoms with E-state index in [-0.39, 0.29) is 11.6 Å². The number of hydrogen-bond acceptors (Lipinski definition) is 3. The minimum atomic E-state index is -0.713. The second-order valence-electron chi connectivity index (χ2n) is 5.32. The summed E-state index contributed by atoms with van der Waals surface area (Å²) in [4.78, 5) is 15.9. The van der Waals surface area contributed by atoms with Gasteiger partial charge < -0.3 is 10.6 Å². The highest BCUT2D eigenvalue weighted by Crippen LogP contribution is 2.20. The summed E-state index contributed by atoms with van der Waals surface area (Å²) in [6, 6.07) is 4.79. The maximum absolute atomic E-state index is 13.6. The Kier molecular flexibility index (Phi) is 5.04. The molecule has 0 saturated heterocycles. The summed E-state index contributed by atoms with van der Waals surface area (Å²) in [5.41, 5.74) is 0.929. The van der Waals surface area contributed by atoms with Gasteiger partial charge in [0.05, 0.1) is 23.1 Å². The van der Waals surface area contributed by atoms with Crippen molar-refractivity contribution < 1.29 is 13.6 Å². The van der Waals surface area contributed by atoms with Crippen LogP contribution < -0.4 is 10.6 Å². The van der Waals surface area contributed by atoms with Crippen LogP contribution in [0.2, 0.25) is 0 Å². The molecule has 2 rings (SSSR count). The van der Waals surface area contributed by atoms with Gasteiger partial charge in [0.25, 0.3) is 5.91 Å². The molecule has 1 amide bonds. The lowest BCUT2D eigenvalue weighted by Crippen LogP contribution is -2.27. The van der Waals surface area contributed by atoms with Gasteiger partial charge in [0.15, 0.2) is 0 Å². The number of nitrogens with one attached hydrogen (secondary N) is 2. The van der Waals surface area contributed by atoms with Crippen LogP contribution in [0.1, 0.15) is 24.2 Å². The molecule has 0 bridgehead atoms. The van der Waals surface area contributed by atoms with Crippen LogP contribution in [0.15, 0.2) is 36.7 Å². The maximum atomic E-state index is 13.6. The normalized spacial score (nSPS) is 10.6. The van der Waals surface area contributed by atoms with Crippen LogP contribution in [0.3, 0.4) is 0 Å². The van der Waals surface area contributed by atoms with Gasteiger partial charge in [-0.2, -0.15) is 0 Å². The van der Waals surface area contributed by atoms with Gasteiger partial charge in [0.2, 0.25) is 0 Å². The van der Waals surface area contributed by atoms with Crippen molar-refractivity contribution in [3.05, 3.63) is 53.9 Å². The Morgan fingerprint density at radius 1 is 1.23 bits per heavy atom. The van der Waals surface area contributed by atoms with Gasteiger partial charge in [-0.1, -0.05) is 13.8 Å². The summed E-state index contributed by atoms with van der Waals surface area (Å²) >= 11 is 0. The Balaban J connectivity index is 2.12. The number of anilines is 2. The summed E-state index contributed by atoms with van der Waals surface area (Å²) in [6.45, 7) is 4.55. The number of pyridine rings is 1. The molecule has 6 heteroatoms. The lowest BCUT2D eigenvalue weighted by Gasteiger charge is -2.10. The highest BCUT2D eigenvalue weighted by Gasteiger charge is 2.09. The molecule has 22 heavy (non-hydrogen) atoms. The fraction of sp³-hybridized carbons (Fsp3) is 0.250. The van der Waals surface area contributed by atoms with Gasteiger partial charge in [0.1, 0.15) is 11.6 Å². The predicted octanol–water partition coefficient (Wildman–Crippen LogP) is 3.49. The number of hydrogen-bond donors (Lipinski definition) is 2. The van der Waals surface area contributed by atoms with E-state index in [9.17, 15) is 13.6 Å². The molecule has 0 aliphatic carbocycles. The Bertz CT molecular complexity index is 674. The first kappa shape index (κ1) is 15.9. The standard InChI is InChI=1S/C16H17F2N3O/c1-10(2)7-20-16(22)11-5-13(9-19-8-11)21-15-4-3-12(17)6-14(15)18/h3-6,8-10,21H,7H2,1-2H3,(H,20,22). The van der Waals surface area contributed by atoms with E-state index >= 15 is 0 Å². The lowest BCUT2D eigenvalue weighted by molar-refractivity contribution is 0.0948. The van der Waals surface area contributed by atoms with E-state index in [1.54, 1.807) is 6.07 Å². The van der Waals surface area contributed by atoms with Crippen molar-refractivity contribution >= 4 is 17.3 Å². The highest BCUT2D eigenvalue weighted by molar-refractivity contribution is 5.94. The van der Waals surface area contributed by atoms with Gasteiger partial charge >= 0.3 is 0 Å². The van der Waals surface area contributed by atoms with Crippen molar-refractivity contribution in [2.45, 2.75) is 13.8 Å². The number of rotatable bonds is 5. The third-order valence-corrected chi connectivity index (χ3v) is 2.88. The fourth-order valence-corrected chi connectivity index (χ4v) is 1.78. The second kappa shape index (κ2) is 6.98. The number of benzene rings is 1. The van der Waals surface area contributed by atoms with Crippen molar-refractivity contribution in [2.24, 2.45) is 5.92 Å². The van der Waals surface area contributed by atoms with Crippen LogP contribution in [0.5, 0.6) is 0 Å². The van der Waals surface area contributed by atoms with E-state index in [4.69, 9.17) is 0 Å². The second-order valence-corrected chi connectivity index (χ2v) is 5.32. The topological polar surface area (TPSA) is 54.0 Å². The van der Waals surface area contributed by atoms with Gasteiger partial charge in [-0.15, -0.1) is 0 Å². The van der Waals surface area contributed by atoms with E-state index in [0.29, 0.717) is 23.7 Å². The molecule has 0 aliphatic rings. The van der Waals surface area contributed by atoms with Crippen LogP contribution in [-0.4, -0.2) is 17.4 Å². The number of aromatic nitrogens is 1. The molecule has 0 spiro atoms. The quantitative estimate of drug-likeness (QED) is 0.889. The van der Waals surface area contributed by atoms with Crippen molar-refractivity contribution in [1.82, 2.24) is 10.3 Å². The van der Waals surface area contributed by atoms with Crippen LogP contribution in [0.25, 0.3) is 0 Å². The van der Waals surface area contributed by atoms with Crippen LogP contribution in [0, 0.1) is 17.6 Å². The number of nitrogens with zero attached hydrogens (tertiary/aromatic N) is 1. The average molecular weight is 305 g/mol. The first-order valence-corrected chi connectivity index (χ1v) is 6.91. The zero-order chi connectivity index (χ0) is 16.1. The van der Waals surface area contributed by atoms with Gasteiger partial charge in [-0.3, -0.25) is 9.78 Å². The summed E-state index contributed by atoms with van der Waals surface area (Å²) < 4.78 is 26.5. The third kappa shape index (κ3) is 4.25. The molecule has 0 aliphatic heterocycles. The molecule has 1 aromatic carbocycles. The zero-order valence-corrected chi connectivity index (χ0v) is 12.4. The smallest absolute Gasteiger partial charge is 0.252 e. The molecule has 0 radical (unpaired) electrons. The zero-order valence-electron chi connectivity index (χ0n) is 12.4. The first-order valence-electron chi connectivity index (χ1n) is 6.91. The van der Waals surface area contributed by atoms with E-state index in [1.165, 1.54) is 18.5 Å². The highest BCUT2D eigenvalue weighted by atomic mass is 19.1. The molecule has 0 unspecified atom stereocenters. The van der Waals surface area contributed by atoms with Crippen molar-refractivity contribution in [1.29, 1.82) is 0 Å². The van der Waals surface area contributed by atoms with Crippen molar-refractivity contribution in [2.75, 3.05) is 11.9 Å². The van der Waals surface area contributed by atoms with E-state index in [0.717, 1.165) is 12.1 Å². The predicted molar refractivity (Wildman–Crippen MR) is 81.0 cm³/mol.